The lowest BCUT2D eigenvalue weighted by Crippen LogP contribution is -2.19. The summed E-state index contributed by atoms with van der Waals surface area (Å²) < 4.78 is 41.5. The molecule has 0 bridgehead atoms. The van der Waals surface area contributed by atoms with Gasteiger partial charge in [-0.25, -0.2) is 12.8 Å². The van der Waals surface area contributed by atoms with Crippen LogP contribution in [-0.4, -0.2) is 33.1 Å². The van der Waals surface area contributed by atoms with Gasteiger partial charge in [0.05, 0.1) is 11.5 Å². The third-order valence-corrected chi connectivity index (χ3v) is 4.61. The second kappa shape index (κ2) is 5.24. The summed E-state index contributed by atoms with van der Waals surface area (Å²) in [5, 5.41) is 2.93. The normalized spacial score (nSPS) is 22.0. The lowest BCUT2D eigenvalue weighted by atomic mass is 10.2. The van der Waals surface area contributed by atoms with Gasteiger partial charge < -0.3 is 10.1 Å². The summed E-state index contributed by atoms with van der Waals surface area (Å²) in [4.78, 5) is 0. The maximum atomic E-state index is 13.1. The molecule has 1 unspecified atom stereocenters. The van der Waals surface area contributed by atoms with Crippen LogP contribution in [0.15, 0.2) is 18.2 Å². The van der Waals surface area contributed by atoms with Gasteiger partial charge in [0, 0.05) is 12.1 Å². The van der Waals surface area contributed by atoms with Crippen molar-refractivity contribution in [3.63, 3.8) is 0 Å². The Labute approximate surface area is 106 Å². The molecule has 1 aliphatic rings. The van der Waals surface area contributed by atoms with Gasteiger partial charge in [0.1, 0.15) is 17.7 Å². The number of sulfone groups is 1. The number of halogens is 1. The summed E-state index contributed by atoms with van der Waals surface area (Å²) in [6.07, 6.45) is 0.176. The second-order valence-electron chi connectivity index (χ2n) is 4.43. The maximum Gasteiger partial charge on any atom is 0.154 e. The van der Waals surface area contributed by atoms with E-state index in [1.165, 1.54) is 12.1 Å². The molecule has 18 heavy (non-hydrogen) atoms. The maximum absolute atomic E-state index is 13.1. The Hall–Kier alpha value is -1.14. The van der Waals surface area contributed by atoms with Crippen LogP contribution in [0.5, 0.6) is 5.75 Å². The van der Waals surface area contributed by atoms with Gasteiger partial charge in [-0.2, -0.15) is 0 Å². The van der Waals surface area contributed by atoms with Gasteiger partial charge in [-0.1, -0.05) is 0 Å². The summed E-state index contributed by atoms with van der Waals surface area (Å²) in [6, 6.07) is 4.26. The van der Waals surface area contributed by atoms with Crippen molar-refractivity contribution in [2.45, 2.75) is 19.1 Å². The van der Waals surface area contributed by atoms with E-state index in [-0.39, 0.29) is 23.4 Å². The van der Waals surface area contributed by atoms with Gasteiger partial charge in [0.25, 0.3) is 0 Å². The molecule has 2 rings (SSSR count). The zero-order valence-corrected chi connectivity index (χ0v) is 11.0. The molecule has 1 aromatic rings. The molecule has 4 nitrogen and oxygen atoms in total. The zero-order chi connectivity index (χ0) is 13.2. The Morgan fingerprint density at radius 1 is 1.50 bits per heavy atom. The van der Waals surface area contributed by atoms with Crippen molar-refractivity contribution in [1.29, 1.82) is 0 Å². The number of nitrogens with one attached hydrogen (secondary N) is 1. The highest BCUT2D eigenvalue weighted by Crippen LogP contribution is 2.24. The predicted molar refractivity (Wildman–Crippen MR) is 66.9 cm³/mol. The fourth-order valence-electron chi connectivity index (χ4n) is 2.02. The summed E-state index contributed by atoms with van der Waals surface area (Å²) in [5.74, 6) is 0.434. The van der Waals surface area contributed by atoms with Crippen molar-refractivity contribution >= 4 is 9.84 Å². The van der Waals surface area contributed by atoms with Crippen LogP contribution in [0.25, 0.3) is 0 Å². The number of benzene rings is 1. The van der Waals surface area contributed by atoms with Gasteiger partial charge in [-0.05, 0) is 31.7 Å². The Kier molecular flexibility index (Phi) is 3.87. The van der Waals surface area contributed by atoms with E-state index >= 15 is 0 Å². The molecule has 100 valence electrons. The van der Waals surface area contributed by atoms with Crippen molar-refractivity contribution in [2.75, 3.05) is 18.6 Å². The SMILES string of the molecule is CNCc1cc(F)ccc1OC1CCS(=O)(=O)C1. The highest BCUT2D eigenvalue weighted by atomic mass is 32.2. The molecule has 0 radical (unpaired) electrons. The lowest BCUT2D eigenvalue weighted by Gasteiger charge is -2.15. The Morgan fingerprint density at radius 3 is 2.89 bits per heavy atom. The van der Waals surface area contributed by atoms with Crippen LogP contribution in [0.1, 0.15) is 12.0 Å². The van der Waals surface area contributed by atoms with Crippen LogP contribution >= 0.6 is 0 Å². The first kappa shape index (κ1) is 13.3. The molecular weight excluding hydrogens is 257 g/mol. The average molecular weight is 273 g/mol. The van der Waals surface area contributed by atoms with E-state index < -0.39 is 9.84 Å². The minimum absolute atomic E-state index is 0.0450. The lowest BCUT2D eigenvalue weighted by molar-refractivity contribution is 0.226. The monoisotopic (exact) mass is 273 g/mol. The summed E-state index contributed by atoms with van der Waals surface area (Å²) in [5.41, 5.74) is 0.696. The van der Waals surface area contributed by atoms with E-state index in [1.807, 2.05) is 0 Å². The van der Waals surface area contributed by atoms with Crippen molar-refractivity contribution < 1.29 is 17.5 Å². The topological polar surface area (TPSA) is 55.4 Å². The first-order valence-corrected chi connectivity index (χ1v) is 7.62. The number of hydrogen-bond acceptors (Lipinski definition) is 4. The van der Waals surface area contributed by atoms with E-state index in [4.69, 9.17) is 4.74 Å². The van der Waals surface area contributed by atoms with Crippen molar-refractivity contribution in [1.82, 2.24) is 5.32 Å². The Balaban J connectivity index is 2.14. The quantitative estimate of drug-likeness (QED) is 0.893. The molecule has 6 heteroatoms. The molecular formula is C12H16FNO3S. The second-order valence-corrected chi connectivity index (χ2v) is 6.65. The van der Waals surface area contributed by atoms with Crippen LogP contribution in [0.2, 0.25) is 0 Å². The van der Waals surface area contributed by atoms with Crippen molar-refractivity contribution in [2.24, 2.45) is 0 Å². The van der Waals surface area contributed by atoms with Crippen LogP contribution in [0.4, 0.5) is 4.39 Å². The minimum Gasteiger partial charge on any atom is -0.489 e. The predicted octanol–water partition coefficient (Wildman–Crippen LogP) is 1.11. The fourth-order valence-corrected chi connectivity index (χ4v) is 3.61. The third-order valence-electron chi connectivity index (χ3n) is 2.87. The van der Waals surface area contributed by atoms with Crippen molar-refractivity contribution in [3.05, 3.63) is 29.6 Å². The van der Waals surface area contributed by atoms with E-state index in [9.17, 15) is 12.8 Å². The highest BCUT2D eigenvalue weighted by Gasteiger charge is 2.29. The summed E-state index contributed by atoms with van der Waals surface area (Å²) >= 11 is 0. The van der Waals surface area contributed by atoms with Gasteiger partial charge in [0.2, 0.25) is 0 Å². The van der Waals surface area contributed by atoms with Gasteiger partial charge in [0.15, 0.2) is 9.84 Å². The molecule has 1 fully saturated rings. The van der Waals surface area contributed by atoms with E-state index in [0.29, 0.717) is 24.3 Å². The van der Waals surface area contributed by atoms with Crippen LogP contribution in [0.3, 0.4) is 0 Å². The summed E-state index contributed by atoms with van der Waals surface area (Å²) in [7, 11) is -1.20. The highest BCUT2D eigenvalue weighted by molar-refractivity contribution is 7.91. The average Bonchev–Trinajstić information content (AvgIpc) is 2.62. The fraction of sp³-hybridized carbons (Fsp3) is 0.500. The van der Waals surface area contributed by atoms with Gasteiger partial charge in [-0.3, -0.25) is 0 Å². The zero-order valence-electron chi connectivity index (χ0n) is 10.1. The Bertz CT molecular complexity index is 530. The van der Waals surface area contributed by atoms with Gasteiger partial charge >= 0.3 is 0 Å². The molecule has 1 atom stereocenters. The molecule has 0 amide bonds. The van der Waals surface area contributed by atoms with Gasteiger partial charge in [-0.15, -0.1) is 0 Å². The van der Waals surface area contributed by atoms with Crippen molar-refractivity contribution in [3.8, 4) is 5.75 Å². The molecule has 0 saturated carbocycles. The van der Waals surface area contributed by atoms with E-state index in [2.05, 4.69) is 5.32 Å². The van der Waals surface area contributed by atoms with E-state index in [0.717, 1.165) is 0 Å². The smallest absolute Gasteiger partial charge is 0.154 e. The molecule has 1 heterocycles. The molecule has 0 aliphatic carbocycles. The van der Waals surface area contributed by atoms with E-state index in [1.54, 1.807) is 13.1 Å². The Morgan fingerprint density at radius 2 is 2.28 bits per heavy atom. The molecule has 0 aromatic heterocycles. The number of ether oxygens (including phenoxy) is 1. The molecule has 1 N–H and O–H groups in total. The first-order chi connectivity index (χ1) is 8.50. The number of hydrogen-bond donors (Lipinski definition) is 1. The molecule has 0 spiro atoms. The number of rotatable bonds is 4. The third kappa shape index (κ3) is 3.20. The van der Waals surface area contributed by atoms with Crippen LogP contribution in [0, 0.1) is 5.82 Å². The molecule has 1 saturated heterocycles. The molecule has 1 aromatic carbocycles. The largest absolute Gasteiger partial charge is 0.489 e. The van der Waals surface area contributed by atoms with Crippen LogP contribution in [-0.2, 0) is 16.4 Å². The standard InChI is InChI=1S/C12H16FNO3S/c1-14-7-9-6-10(13)2-3-12(9)17-11-4-5-18(15,16)8-11/h2-3,6,11,14H,4-5,7-8H2,1H3. The minimum atomic E-state index is -2.96. The summed E-state index contributed by atoms with van der Waals surface area (Å²) in [6.45, 7) is 0.479. The molecule has 1 aliphatic heterocycles. The first-order valence-electron chi connectivity index (χ1n) is 5.80. The van der Waals surface area contributed by atoms with Crippen LogP contribution < -0.4 is 10.1 Å².